The number of benzene rings is 3. The number of carbonyl (C=O) groups is 1. The largest absolute Gasteiger partial charge is 0.478 e. The average Bonchev–Trinajstić information content (AvgIpc) is 3.43. The molecule has 0 fully saturated rings. The zero-order valence-corrected chi connectivity index (χ0v) is 26.7. The molecule has 1 aromatic heterocycles. The van der Waals surface area contributed by atoms with E-state index in [1.165, 1.54) is 90.9 Å². The number of para-hydroxylation sites is 1. The van der Waals surface area contributed by atoms with Gasteiger partial charge in [-0.05, 0) is 68.7 Å². The van der Waals surface area contributed by atoms with Gasteiger partial charge >= 0.3 is 5.97 Å². The average molecular weight is 578 g/mol. The first kappa shape index (κ1) is 30.8. The maximum Gasteiger partial charge on any atom is 0.335 e. The van der Waals surface area contributed by atoms with Gasteiger partial charge in [0.1, 0.15) is 6.54 Å². The molecule has 0 atom stereocenters. The highest BCUT2D eigenvalue weighted by Crippen LogP contribution is 2.41. The van der Waals surface area contributed by atoms with Gasteiger partial charge in [0.2, 0.25) is 5.69 Å². The van der Waals surface area contributed by atoms with Gasteiger partial charge in [-0.2, -0.15) is 4.58 Å². The van der Waals surface area contributed by atoms with E-state index >= 15 is 0 Å². The van der Waals surface area contributed by atoms with Crippen molar-refractivity contribution in [3.05, 3.63) is 83.4 Å². The molecular weight excluding hydrogens is 528 g/mol. The van der Waals surface area contributed by atoms with Gasteiger partial charge < -0.3 is 9.67 Å². The topological polar surface area (TPSA) is 45.2 Å². The molecule has 2 heterocycles. The van der Waals surface area contributed by atoms with E-state index in [1.807, 2.05) is 12.1 Å². The number of hydrogen-bond acceptors (Lipinski definition) is 1. The van der Waals surface area contributed by atoms with E-state index in [1.54, 1.807) is 6.07 Å². The molecule has 0 bridgehead atoms. The Hall–Kier alpha value is -3.66. The second-order valence-corrected chi connectivity index (χ2v) is 12.8. The van der Waals surface area contributed by atoms with Crippen molar-refractivity contribution < 1.29 is 14.5 Å². The quantitative estimate of drug-likeness (QED) is 0.113. The van der Waals surface area contributed by atoms with Gasteiger partial charge in [0.25, 0.3) is 0 Å². The molecule has 0 unspecified atom stereocenters. The van der Waals surface area contributed by atoms with Crippen LogP contribution in [-0.4, -0.2) is 32.5 Å². The number of aromatic carboxylic acids is 1. The van der Waals surface area contributed by atoms with Crippen LogP contribution >= 0.6 is 0 Å². The van der Waals surface area contributed by atoms with Crippen molar-refractivity contribution in [2.24, 2.45) is 0 Å². The number of fused-ring (bicyclic) bond motifs is 4. The Morgan fingerprint density at radius 1 is 0.791 bits per heavy atom. The van der Waals surface area contributed by atoms with Crippen LogP contribution in [0.1, 0.15) is 113 Å². The third-order valence-corrected chi connectivity index (χ3v) is 9.34. The van der Waals surface area contributed by atoms with Gasteiger partial charge in [0, 0.05) is 52.5 Å². The molecule has 1 aliphatic heterocycles. The molecule has 4 nitrogen and oxygen atoms in total. The van der Waals surface area contributed by atoms with Crippen molar-refractivity contribution in [1.82, 2.24) is 4.57 Å². The van der Waals surface area contributed by atoms with Gasteiger partial charge in [-0.1, -0.05) is 83.1 Å². The Balaban J connectivity index is 1.48. The molecule has 3 aromatic carbocycles. The first-order chi connectivity index (χ1) is 20.9. The summed E-state index contributed by atoms with van der Waals surface area (Å²) in [6.45, 7) is 11.0. The van der Waals surface area contributed by atoms with Gasteiger partial charge in [-0.3, -0.25) is 0 Å². The molecule has 0 saturated carbocycles. The minimum atomic E-state index is -0.872. The number of aryl methyl sites for hydroxylation is 1. The first-order valence-corrected chi connectivity index (χ1v) is 16.6. The lowest BCUT2D eigenvalue weighted by Crippen LogP contribution is -2.28. The summed E-state index contributed by atoms with van der Waals surface area (Å²) in [5.41, 5.74) is 7.34. The number of allylic oxidation sites excluding steroid dienone is 1. The summed E-state index contributed by atoms with van der Waals surface area (Å²) >= 11 is 0. The van der Waals surface area contributed by atoms with Crippen LogP contribution in [0.3, 0.4) is 0 Å². The number of carboxylic acids is 1. The van der Waals surface area contributed by atoms with E-state index in [-0.39, 0.29) is 5.41 Å². The van der Waals surface area contributed by atoms with Crippen LogP contribution in [0.5, 0.6) is 0 Å². The highest BCUT2D eigenvalue weighted by atomic mass is 16.4. The lowest BCUT2D eigenvalue weighted by atomic mass is 9.80. The Bertz CT molecular complexity index is 1650. The predicted molar refractivity (Wildman–Crippen MR) is 182 cm³/mol. The molecule has 4 heteroatoms. The third-order valence-electron chi connectivity index (χ3n) is 9.34. The van der Waals surface area contributed by atoms with E-state index in [4.69, 9.17) is 0 Å². The van der Waals surface area contributed by atoms with Crippen LogP contribution in [0.2, 0.25) is 0 Å². The molecule has 0 saturated heterocycles. The molecule has 1 aliphatic rings. The van der Waals surface area contributed by atoms with Crippen LogP contribution in [0.25, 0.3) is 27.9 Å². The van der Waals surface area contributed by atoms with Crippen LogP contribution in [0.4, 0.5) is 5.69 Å². The Morgan fingerprint density at radius 2 is 1.49 bits per heavy atom. The van der Waals surface area contributed by atoms with Crippen LogP contribution < -0.4 is 0 Å². The highest BCUT2D eigenvalue weighted by Gasteiger charge is 2.44. The van der Waals surface area contributed by atoms with Crippen molar-refractivity contribution in [3.8, 4) is 0 Å². The summed E-state index contributed by atoms with van der Waals surface area (Å²) < 4.78 is 4.94. The van der Waals surface area contributed by atoms with Crippen molar-refractivity contribution in [2.75, 3.05) is 6.54 Å². The van der Waals surface area contributed by atoms with Crippen LogP contribution in [0, 0.1) is 0 Å². The van der Waals surface area contributed by atoms with E-state index in [2.05, 4.69) is 91.5 Å². The van der Waals surface area contributed by atoms with Crippen molar-refractivity contribution in [1.29, 1.82) is 0 Å². The molecule has 5 rings (SSSR count). The van der Waals surface area contributed by atoms with E-state index in [0.29, 0.717) is 5.56 Å². The lowest BCUT2D eigenvalue weighted by Gasteiger charge is -2.16. The molecule has 226 valence electrons. The fourth-order valence-electron chi connectivity index (χ4n) is 6.89. The zero-order chi connectivity index (χ0) is 30.4. The molecule has 0 aliphatic carbocycles. The molecular formula is C39H49N2O2+. The van der Waals surface area contributed by atoms with Crippen LogP contribution in [0.15, 0.2) is 66.7 Å². The van der Waals surface area contributed by atoms with E-state index in [9.17, 15) is 9.90 Å². The SMILES string of the molecule is CCCCCCCC[N+]1=C(C=Cc2ccc3c(c2)c2ccccc2n3CCCCCC)C(C)(C)c2cc(C(=O)O)ccc21. The third kappa shape index (κ3) is 6.49. The van der Waals surface area contributed by atoms with Gasteiger partial charge in [0.05, 0.1) is 11.0 Å². The molecule has 0 radical (unpaired) electrons. The molecule has 1 N–H and O–H groups in total. The number of carboxylic acid groups (broad SMARTS) is 1. The van der Waals surface area contributed by atoms with Gasteiger partial charge in [0.15, 0.2) is 5.71 Å². The lowest BCUT2D eigenvalue weighted by molar-refractivity contribution is -0.438. The fourth-order valence-corrected chi connectivity index (χ4v) is 6.89. The van der Waals surface area contributed by atoms with Gasteiger partial charge in [-0.15, -0.1) is 0 Å². The monoisotopic (exact) mass is 577 g/mol. The first-order valence-electron chi connectivity index (χ1n) is 16.6. The number of hydrogen-bond donors (Lipinski definition) is 1. The molecule has 4 aromatic rings. The normalized spacial score (nSPS) is 14.4. The van der Waals surface area contributed by atoms with E-state index in [0.717, 1.165) is 30.8 Å². The number of aromatic nitrogens is 1. The Kier molecular flexibility index (Phi) is 9.85. The smallest absolute Gasteiger partial charge is 0.335 e. The summed E-state index contributed by atoms with van der Waals surface area (Å²) in [5, 5.41) is 12.3. The number of rotatable bonds is 15. The highest BCUT2D eigenvalue weighted by molar-refractivity contribution is 6.09. The summed E-state index contributed by atoms with van der Waals surface area (Å²) in [6, 6.07) is 21.3. The maximum absolute atomic E-state index is 11.8. The Labute approximate surface area is 257 Å². The van der Waals surface area contributed by atoms with Crippen LogP contribution in [-0.2, 0) is 12.0 Å². The standard InChI is InChI=1S/C39H48N2O2/c1-5-7-9-11-12-16-26-41-36-23-21-30(38(42)43)28-33(36)39(3,4)37(41)24-20-29-19-22-35-32(27-29)31-17-13-14-18-34(31)40(35)25-15-10-8-6-2/h13-14,17-24,27-28H,5-12,15-16,25-26H2,1-4H3/p+1. The molecule has 0 amide bonds. The van der Waals surface area contributed by atoms with Crippen molar-refractivity contribution in [2.45, 2.75) is 104 Å². The fraction of sp³-hybridized carbons (Fsp3) is 0.436. The summed E-state index contributed by atoms with van der Waals surface area (Å²) in [4.78, 5) is 11.8. The van der Waals surface area contributed by atoms with Crippen molar-refractivity contribution >= 4 is 45.3 Å². The minimum Gasteiger partial charge on any atom is -0.478 e. The second-order valence-electron chi connectivity index (χ2n) is 12.8. The minimum absolute atomic E-state index is 0.294. The molecule has 0 spiro atoms. The second kappa shape index (κ2) is 13.8. The van der Waals surface area contributed by atoms with Gasteiger partial charge in [-0.25, -0.2) is 4.79 Å². The number of nitrogens with zero attached hydrogens (tertiary/aromatic N) is 2. The summed E-state index contributed by atoms with van der Waals surface area (Å²) in [6.07, 6.45) is 17.0. The maximum atomic E-state index is 11.8. The number of unbranched alkanes of at least 4 members (excludes halogenated alkanes) is 8. The summed E-state index contributed by atoms with van der Waals surface area (Å²) in [5.74, 6) is -0.872. The van der Waals surface area contributed by atoms with E-state index < -0.39 is 5.97 Å². The zero-order valence-electron chi connectivity index (χ0n) is 26.7. The summed E-state index contributed by atoms with van der Waals surface area (Å²) in [7, 11) is 0. The Morgan fingerprint density at radius 3 is 2.26 bits per heavy atom. The molecule has 43 heavy (non-hydrogen) atoms. The van der Waals surface area contributed by atoms with Crippen molar-refractivity contribution in [3.63, 3.8) is 0 Å². The predicted octanol–water partition coefficient (Wildman–Crippen LogP) is 10.5.